The molecule has 1 amide bonds. The maximum Gasteiger partial charge on any atom is 0.262 e. The molecule has 0 spiro atoms. The molecular weight excluding hydrogens is 392 g/mol. The average molecular weight is 413 g/mol. The number of halogens is 1. The molecule has 1 heterocycles. The molecule has 1 aromatic heterocycles. The van der Waals surface area contributed by atoms with Gasteiger partial charge in [0.15, 0.2) is 0 Å². The molecular formula is C22H21ClN2O2S. The quantitative estimate of drug-likeness (QED) is 0.579. The van der Waals surface area contributed by atoms with Crippen LogP contribution in [0, 0.1) is 0 Å². The van der Waals surface area contributed by atoms with Gasteiger partial charge in [0.25, 0.3) is 5.56 Å². The van der Waals surface area contributed by atoms with E-state index in [0.717, 1.165) is 34.9 Å². The fourth-order valence-corrected chi connectivity index (χ4v) is 4.84. The summed E-state index contributed by atoms with van der Waals surface area (Å²) in [5.41, 5.74) is 2.29. The van der Waals surface area contributed by atoms with Crippen molar-refractivity contribution in [1.82, 2.24) is 10.3 Å². The molecule has 144 valence electrons. The third-order valence-corrected chi connectivity index (χ3v) is 6.38. The van der Waals surface area contributed by atoms with Crippen LogP contribution in [0.25, 0.3) is 22.0 Å². The number of aromatic amines is 1. The van der Waals surface area contributed by atoms with Crippen LogP contribution in [0.4, 0.5) is 0 Å². The predicted molar refractivity (Wildman–Crippen MR) is 116 cm³/mol. The lowest BCUT2D eigenvalue weighted by atomic mass is 10.0. The van der Waals surface area contributed by atoms with Gasteiger partial charge in [0, 0.05) is 27.5 Å². The summed E-state index contributed by atoms with van der Waals surface area (Å²) in [7, 11) is 0. The Labute approximate surface area is 172 Å². The number of aromatic nitrogens is 1. The Morgan fingerprint density at radius 1 is 1.14 bits per heavy atom. The first-order valence-electron chi connectivity index (χ1n) is 9.45. The zero-order chi connectivity index (χ0) is 19.5. The summed E-state index contributed by atoms with van der Waals surface area (Å²) in [6.07, 6.45) is 4.42. The fourth-order valence-electron chi connectivity index (χ4n) is 3.75. The first-order chi connectivity index (χ1) is 13.6. The Hall–Kier alpha value is -2.24. The van der Waals surface area contributed by atoms with Crippen molar-refractivity contribution >= 4 is 40.2 Å². The minimum absolute atomic E-state index is 0.0264. The molecule has 1 aliphatic rings. The topological polar surface area (TPSA) is 62.0 Å². The van der Waals surface area contributed by atoms with Gasteiger partial charge in [0.1, 0.15) is 0 Å². The first-order valence-corrected chi connectivity index (χ1v) is 10.8. The van der Waals surface area contributed by atoms with E-state index in [1.165, 1.54) is 24.6 Å². The number of carbonyl (C=O) groups is 1. The van der Waals surface area contributed by atoms with Crippen LogP contribution in [-0.2, 0) is 4.79 Å². The summed E-state index contributed by atoms with van der Waals surface area (Å²) in [5, 5.41) is 4.56. The molecule has 3 aromatic rings. The van der Waals surface area contributed by atoms with Crippen molar-refractivity contribution in [3.8, 4) is 11.1 Å². The second-order valence-electron chi connectivity index (χ2n) is 7.05. The van der Waals surface area contributed by atoms with E-state index in [9.17, 15) is 9.59 Å². The lowest BCUT2D eigenvalue weighted by Gasteiger charge is -2.14. The monoisotopic (exact) mass is 412 g/mol. The number of fused-ring (bicyclic) bond motifs is 1. The van der Waals surface area contributed by atoms with Crippen molar-refractivity contribution in [3.05, 3.63) is 63.9 Å². The van der Waals surface area contributed by atoms with Crippen molar-refractivity contribution in [2.75, 3.05) is 5.75 Å². The standard InChI is InChI=1S/C22H21ClN2O2S/c23-15-10-11-18-17(12-15)20(14-6-2-1-3-7-14)21(22(27)25-18)28-13-19(26)24-16-8-4-5-9-16/h1-3,6-7,10-12,16H,4-5,8-9,13H2,(H,24,26)(H,25,27). The van der Waals surface area contributed by atoms with Crippen molar-refractivity contribution in [2.45, 2.75) is 36.6 Å². The minimum atomic E-state index is -0.188. The Kier molecular flexibility index (Phi) is 5.74. The SMILES string of the molecule is O=C(CSc1c(-c2ccccc2)c2cc(Cl)ccc2[nH]c1=O)NC1CCCC1. The maximum atomic E-state index is 12.8. The van der Waals surface area contributed by atoms with E-state index in [1.807, 2.05) is 42.5 Å². The number of thioether (sulfide) groups is 1. The van der Waals surface area contributed by atoms with Gasteiger partial charge in [-0.2, -0.15) is 0 Å². The van der Waals surface area contributed by atoms with E-state index in [0.29, 0.717) is 9.92 Å². The van der Waals surface area contributed by atoms with Crippen molar-refractivity contribution < 1.29 is 4.79 Å². The Balaban J connectivity index is 1.71. The molecule has 0 saturated heterocycles. The number of rotatable bonds is 5. The summed E-state index contributed by atoms with van der Waals surface area (Å²) in [4.78, 5) is 28.7. The van der Waals surface area contributed by atoms with E-state index in [-0.39, 0.29) is 23.3 Å². The van der Waals surface area contributed by atoms with Crippen LogP contribution < -0.4 is 10.9 Å². The number of pyridine rings is 1. The van der Waals surface area contributed by atoms with Gasteiger partial charge in [0.2, 0.25) is 5.91 Å². The molecule has 0 unspecified atom stereocenters. The van der Waals surface area contributed by atoms with Crippen molar-refractivity contribution in [2.24, 2.45) is 0 Å². The lowest BCUT2D eigenvalue weighted by Crippen LogP contribution is -2.34. The summed E-state index contributed by atoms with van der Waals surface area (Å²) >= 11 is 7.51. The van der Waals surface area contributed by atoms with Crippen molar-refractivity contribution in [3.63, 3.8) is 0 Å². The highest BCUT2D eigenvalue weighted by molar-refractivity contribution is 8.00. The molecule has 4 nitrogen and oxygen atoms in total. The smallest absolute Gasteiger partial charge is 0.262 e. The molecule has 0 aliphatic heterocycles. The summed E-state index contributed by atoms with van der Waals surface area (Å²) in [6, 6.07) is 15.5. The molecule has 4 rings (SSSR count). The number of carbonyl (C=O) groups excluding carboxylic acids is 1. The van der Waals surface area contributed by atoms with Crippen LogP contribution in [0.5, 0.6) is 0 Å². The molecule has 28 heavy (non-hydrogen) atoms. The number of H-pyrrole nitrogens is 1. The third-order valence-electron chi connectivity index (χ3n) is 5.06. The molecule has 0 bridgehead atoms. The normalized spacial score (nSPS) is 14.5. The highest BCUT2D eigenvalue weighted by Gasteiger charge is 2.19. The molecule has 1 aliphatic carbocycles. The average Bonchev–Trinajstić information content (AvgIpc) is 3.20. The fraction of sp³-hybridized carbons (Fsp3) is 0.273. The number of hydrogen-bond acceptors (Lipinski definition) is 3. The molecule has 2 N–H and O–H groups in total. The largest absolute Gasteiger partial charge is 0.353 e. The van der Waals surface area contributed by atoms with Crippen LogP contribution in [0.2, 0.25) is 5.02 Å². The lowest BCUT2D eigenvalue weighted by molar-refractivity contribution is -0.119. The summed E-state index contributed by atoms with van der Waals surface area (Å²) in [6.45, 7) is 0. The molecule has 2 aromatic carbocycles. The summed E-state index contributed by atoms with van der Waals surface area (Å²) in [5.74, 6) is 0.187. The first kappa shape index (κ1) is 19.1. The van der Waals surface area contributed by atoms with Gasteiger partial charge in [-0.15, -0.1) is 11.8 Å². The minimum Gasteiger partial charge on any atom is -0.353 e. The molecule has 1 fully saturated rings. The highest BCUT2D eigenvalue weighted by atomic mass is 35.5. The van der Waals surface area contributed by atoms with E-state index in [4.69, 9.17) is 11.6 Å². The number of amides is 1. The van der Waals surface area contributed by atoms with Gasteiger partial charge in [0.05, 0.1) is 10.6 Å². The number of benzene rings is 2. The van der Waals surface area contributed by atoms with Gasteiger partial charge in [-0.3, -0.25) is 9.59 Å². The van der Waals surface area contributed by atoms with Crippen LogP contribution >= 0.6 is 23.4 Å². The van der Waals surface area contributed by atoms with Gasteiger partial charge in [-0.05, 0) is 36.6 Å². The zero-order valence-corrected chi connectivity index (χ0v) is 16.9. The van der Waals surface area contributed by atoms with Crippen LogP contribution in [-0.4, -0.2) is 22.7 Å². The molecule has 6 heteroatoms. The van der Waals surface area contributed by atoms with Crippen LogP contribution in [0.3, 0.4) is 0 Å². The highest BCUT2D eigenvalue weighted by Crippen LogP contribution is 2.35. The second kappa shape index (κ2) is 8.41. The zero-order valence-electron chi connectivity index (χ0n) is 15.3. The molecule has 0 radical (unpaired) electrons. The molecule has 0 atom stereocenters. The molecule has 1 saturated carbocycles. The third kappa shape index (κ3) is 4.10. The van der Waals surface area contributed by atoms with Gasteiger partial charge < -0.3 is 10.3 Å². The van der Waals surface area contributed by atoms with Crippen LogP contribution in [0.15, 0.2) is 58.2 Å². The van der Waals surface area contributed by atoms with Crippen LogP contribution in [0.1, 0.15) is 25.7 Å². The Morgan fingerprint density at radius 3 is 2.64 bits per heavy atom. The number of nitrogens with one attached hydrogen (secondary N) is 2. The van der Waals surface area contributed by atoms with Crippen molar-refractivity contribution in [1.29, 1.82) is 0 Å². The van der Waals surface area contributed by atoms with Gasteiger partial charge >= 0.3 is 0 Å². The predicted octanol–water partition coefficient (Wildman–Crippen LogP) is 5.00. The van der Waals surface area contributed by atoms with E-state index < -0.39 is 0 Å². The van der Waals surface area contributed by atoms with E-state index in [2.05, 4.69) is 10.3 Å². The number of hydrogen-bond donors (Lipinski definition) is 2. The second-order valence-corrected chi connectivity index (χ2v) is 8.47. The van der Waals surface area contributed by atoms with Gasteiger partial charge in [-0.25, -0.2) is 0 Å². The Bertz CT molecular complexity index is 1060. The van der Waals surface area contributed by atoms with E-state index in [1.54, 1.807) is 6.07 Å². The van der Waals surface area contributed by atoms with Gasteiger partial charge in [-0.1, -0.05) is 54.8 Å². The maximum absolute atomic E-state index is 12.8. The Morgan fingerprint density at radius 2 is 1.89 bits per heavy atom. The summed E-state index contributed by atoms with van der Waals surface area (Å²) < 4.78 is 0. The van der Waals surface area contributed by atoms with E-state index >= 15 is 0 Å².